The van der Waals surface area contributed by atoms with Gasteiger partial charge in [-0.2, -0.15) is 0 Å². The minimum Gasteiger partial charge on any atom is -0.481 e. The van der Waals surface area contributed by atoms with Crippen LogP contribution in [-0.2, 0) is 4.79 Å². The van der Waals surface area contributed by atoms with Crippen LogP contribution in [0.5, 0.6) is 0 Å². The number of hydrogen-bond donors (Lipinski definition) is 1. The van der Waals surface area contributed by atoms with Gasteiger partial charge in [-0.1, -0.05) is 55.7 Å². The van der Waals surface area contributed by atoms with Crippen LogP contribution in [0.2, 0.25) is 0 Å². The molecule has 0 aromatic heterocycles. The Balaban J connectivity index is 1.82. The fourth-order valence-corrected chi connectivity index (χ4v) is 3.55. The molecular weight excluding hydrogens is 303 g/mol. The second kappa shape index (κ2) is 7.16. The van der Waals surface area contributed by atoms with Gasteiger partial charge in [-0.05, 0) is 48.4 Å². The van der Waals surface area contributed by atoms with Crippen molar-refractivity contribution in [1.82, 2.24) is 0 Å². The van der Waals surface area contributed by atoms with Crippen molar-refractivity contribution < 1.29 is 14.3 Å². The van der Waals surface area contributed by atoms with Gasteiger partial charge in [0.1, 0.15) is 5.82 Å². The minimum absolute atomic E-state index is 0.369. The van der Waals surface area contributed by atoms with E-state index in [1.165, 1.54) is 43.7 Å². The summed E-state index contributed by atoms with van der Waals surface area (Å²) < 4.78 is 14.4. The van der Waals surface area contributed by atoms with Crippen LogP contribution in [0.15, 0.2) is 42.5 Å². The third-order valence-electron chi connectivity index (χ3n) is 5.16. The van der Waals surface area contributed by atoms with Gasteiger partial charge in [0.15, 0.2) is 0 Å². The molecule has 3 rings (SSSR count). The van der Waals surface area contributed by atoms with Crippen molar-refractivity contribution in [2.75, 3.05) is 0 Å². The Morgan fingerprint density at radius 1 is 1.08 bits per heavy atom. The smallest absolute Gasteiger partial charge is 0.310 e. The van der Waals surface area contributed by atoms with E-state index in [1.807, 2.05) is 12.1 Å². The molecule has 1 atom stereocenters. The lowest BCUT2D eigenvalue weighted by atomic mass is 9.83. The topological polar surface area (TPSA) is 37.3 Å². The van der Waals surface area contributed by atoms with Gasteiger partial charge >= 0.3 is 5.97 Å². The van der Waals surface area contributed by atoms with E-state index in [1.54, 1.807) is 19.1 Å². The molecule has 0 spiro atoms. The Labute approximate surface area is 142 Å². The average molecular weight is 326 g/mol. The predicted octanol–water partition coefficient (Wildman–Crippen LogP) is 5.73. The summed E-state index contributed by atoms with van der Waals surface area (Å²) in [7, 11) is 0. The number of aliphatic carboxylic acids is 1. The number of hydrogen-bond acceptors (Lipinski definition) is 1. The fraction of sp³-hybridized carbons (Fsp3) is 0.381. The van der Waals surface area contributed by atoms with E-state index in [2.05, 4.69) is 12.1 Å². The number of benzene rings is 2. The molecule has 0 saturated heterocycles. The monoisotopic (exact) mass is 326 g/mol. The Hall–Kier alpha value is -2.16. The highest BCUT2D eigenvalue weighted by Crippen LogP contribution is 2.34. The van der Waals surface area contributed by atoms with E-state index in [0.717, 1.165) is 5.56 Å². The fourth-order valence-electron chi connectivity index (χ4n) is 3.55. The Morgan fingerprint density at radius 3 is 2.33 bits per heavy atom. The lowest BCUT2D eigenvalue weighted by Crippen LogP contribution is -2.07. The minimum atomic E-state index is -0.945. The van der Waals surface area contributed by atoms with Crippen LogP contribution in [0, 0.1) is 5.82 Å². The molecule has 0 heterocycles. The molecule has 0 amide bonds. The summed E-state index contributed by atoms with van der Waals surface area (Å²) in [5.74, 6) is -1.39. The van der Waals surface area contributed by atoms with Crippen molar-refractivity contribution in [2.45, 2.75) is 50.9 Å². The van der Waals surface area contributed by atoms with E-state index < -0.39 is 11.9 Å². The number of rotatable bonds is 4. The number of halogens is 1. The first-order valence-electron chi connectivity index (χ1n) is 8.69. The molecule has 2 aromatic carbocycles. The Kier molecular flexibility index (Phi) is 4.98. The zero-order valence-electron chi connectivity index (χ0n) is 14.0. The third-order valence-corrected chi connectivity index (χ3v) is 5.16. The van der Waals surface area contributed by atoms with Crippen molar-refractivity contribution in [2.24, 2.45) is 0 Å². The molecule has 1 aliphatic carbocycles. The van der Waals surface area contributed by atoms with Crippen LogP contribution >= 0.6 is 0 Å². The summed E-state index contributed by atoms with van der Waals surface area (Å²) in [5, 5.41) is 9.04. The number of carboxylic acids is 1. The van der Waals surface area contributed by atoms with Crippen molar-refractivity contribution in [3.8, 4) is 11.1 Å². The number of carboxylic acid groups (broad SMARTS) is 1. The molecule has 1 unspecified atom stereocenters. The van der Waals surface area contributed by atoms with E-state index in [9.17, 15) is 9.18 Å². The van der Waals surface area contributed by atoms with Gasteiger partial charge in [0.05, 0.1) is 5.92 Å². The molecular formula is C21H23FO2. The summed E-state index contributed by atoms with van der Waals surface area (Å²) >= 11 is 0. The molecule has 0 aliphatic heterocycles. The molecule has 126 valence electrons. The van der Waals surface area contributed by atoms with Crippen LogP contribution in [0.1, 0.15) is 62.0 Å². The van der Waals surface area contributed by atoms with Crippen LogP contribution in [-0.4, -0.2) is 11.1 Å². The lowest BCUT2D eigenvalue weighted by Gasteiger charge is -2.22. The van der Waals surface area contributed by atoms with Crippen molar-refractivity contribution >= 4 is 5.97 Å². The molecule has 24 heavy (non-hydrogen) atoms. The molecule has 1 fully saturated rings. The standard InChI is InChI=1S/C21H23FO2/c1-14(21(23)24)18-11-12-19(20(22)13-18)17-9-7-16(8-10-17)15-5-3-2-4-6-15/h7-15H,2-6H2,1H3,(H,23,24). The molecule has 2 nitrogen and oxygen atoms in total. The highest BCUT2D eigenvalue weighted by molar-refractivity contribution is 5.76. The summed E-state index contributed by atoms with van der Waals surface area (Å²) in [4.78, 5) is 11.0. The van der Waals surface area contributed by atoms with Gasteiger partial charge in [0.25, 0.3) is 0 Å². The molecule has 0 radical (unpaired) electrons. The van der Waals surface area contributed by atoms with Crippen molar-refractivity contribution in [3.63, 3.8) is 0 Å². The molecule has 2 aromatic rings. The predicted molar refractivity (Wildman–Crippen MR) is 93.7 cm³/mol. The van der Waals surface area contributed by atoms with Gasteiger partial charge < -0.3 is 5.11 Å². The van der Waals surface area contributed by atoms with Crippen LogP contribution < -0.4 is 0 Å². The van der Waals surface area contributed by atoms with Gasteiger partial charge in [-0.15, -0.1) is 0 Å². The maximum atomic E-state index is 14.4. The zero-order valence-corrected chi connectivity index (χ0v) is 14.0. The summed E-state index contributed by atoms with van der Waals surface area (Å²) in [6.07, 6.45) is 6.42. The second-order valence-corrected chi connectivity index (χ2v) is 6.76. The maximum absolute atomic E-state index is 14.4. The lowest BCUT2D eigenvalue weighted by molar-refractivity contribution is -0.138. The summed E-state index contributed by atoms with van der Waals surface area (Å²) in [5.41, 5.74) is 3.19. The van der Waals surface area contributed by atoms with E-state index in [4.69, 9.17) is 5.11 Å². The van der Waals surface area contributed by atoms with Gasteiger partial charge in [0.2, 0.25) is 0 Å². The second-order valence-electron chi connectivity index (χ2n) is 6.76. The first-order valence-corrected chi connectivity index (χ1v) is 8.69. The molecule has 1 saturated carbocycles. The number of carbonyl (C=O) groups is 1. The highest BCUT2D eigenvalue weighted by atomic mass is 19.1. The van der Waals surface area contributed by atoms with Crippen LogP contribution in [0.4, 0.5) is 4.39 Å². The van der Waals surface area contributed by atoms with Crippen molar-refractivity contribution in [1.29, 1.82) is 0 Å². The zero-order chi connectivity index (χ0) is 17.1. The summed E-state index contributed by atoms with van der Waals surface area (Å²) in [6.45, 7) is 1.57. The normalized spacial score (nSPS) is 16.8. The first-order chi connectivity index (χ1) is 11.6. The van der Waals surface area contributed by atoms with E-state index in [-0.39, 0.29) is 5.82 Å². The third kappa shape index (κ3) is 3.50. The largest absolute Gasteiger partial charge is 0.481 e. The average Bonchev–Trinajstić information content (AvgIpc) is 2.62. The van der Waals surface area contributed by atoms with Gasteiger partial charge in [-0.25, -0.2) is 4.39 Å². The van der Waals surface area contributed by atoms with E-state index >= 15 is 0 Å². The van der Waals surface area contributed by atoms with Gasteiger partial charge in [-0.3, -0.25) is 4.79 Å². The molecule has 1 aliphatic rings. The van der Waals surface area contributed by atoms with Crippen molar-refractivity contribution in [3.05, 3.63) is 59.4 Å². The Morgan fingerprint density at radius 2 is 1.75 bits per heavy atom. The quantitative estimate of drug-likeness (QED) is 0.779. The highest BCUT2D eigenvalue weighted by Gasteiger charge is 2.17. The molecule has 0 bridgehead atoms. The van der Waals surface area contributed by atoms with Gasteiger partial charge in [0, 0.05) is 5.56 Å². The van der Waals surface area contributed by atoms with Crippen LogP contribution in [0.25, 0.3) is 11.1 Å². The first kappa shape index (κ1) is 16.7. The Bertz CT molecular complexity index is 715. The van der Waals surface area contributed by atoms with Crippen LogP contribution in [0.3, 0.4) is 0 Å². The maximum Gasteiger partial charge on any atom is 0.310 e. The molecule has 3 heteroatoms. The molecule has 1 N–H and O–H groups in total. The SMILES string of the molecule is CC(C(=O)O)c1ccc(-c2ccc(C3CCCCC3)cc2)c(F)c1. The van der Waals surface area contributed by atoms with E-state index in [0.29, 0.717) is 17.0 Å². The summed E-state index contributed by atoms with van der Waals surface area (Å²) in [6, 6.07) is 12.9.